The monoisotopic (exact) mass is 500 g/mol. The van der Waals surface area contributed by atoms with Crippen molar-refractivity contribution in [2.75, 3.05) is 38.1 Å². The van der Waals surface area contributed by atoms with Crippen molar-refractivity contribution in [3.8, 4) is 21.8 Å². The number of amides is 1. The number of nitrogens with zero attached hydrogens (tertiary/aromatic N) is 5. The molecule has 1 fully saturated rings. The van der Waals surface area contributed by atoms with Gasteiger partial charge in [-0.1, -0.05) is 12.1 Å². The predicted molar refractivity (Wildman–Crippen MR) is 147 cm³/mol. The highest BCUT2D eigenvalue weighted by molar-refractivity contribution is 7.13. The Morgan fingerprint density at radius 2 is 1.83 bits per heavy atom. The fourth-order valence-electron chi connectivity index (χ4n) is 4.53. The summed E-state index contributed by atoms with van der Waals surface area (Å²) in [5, 5.41) is 9.60. The van der Waals surface area contributed by atoms with Gasteiger partial charge in [-0.25, -0.2) is 4.98 Å². The van der Waals surface area contributed by atoms with Crippen molar-refractivity contribution < 1.29 is 4.79 Å². The Hall–Kier alpha value is -3.49. The smallest absolute Gasteiger partial charge is 0.252 e. The van der Waals surface area contributed by atoms with Crippen molar-refractivity contribution in [2.45, 2.75) is 19.9 Å². The molecule has 0 unspecified atom stereocenters. The first kappa shape index (κ1) is 24.2. The Balaban J connectivity index is 1.41. The van der Waals surface area contributed by atoms with E-state index in [1.807, 2.05) is 51.5 Å². The van der Waals surface area contributed by atoms with Gasteiger partial charge in [-0.2, -0.15) is 5.10 Å². The van der Waals surface area contributed by atoms with Crippen molar-refractivity contribution in [3.05, 3.63) is 76.9 Å². The summed E-state index contributed by atoms with van der Waals surface area (Å²) >= 11 is 1.66. The van der Waals surface area contributed by atoms with Crippen molar-refractivity contribution in [1.29, 1.82) is 0 Å². The van der Waals surface area contributed by atoms with Crippen LogP contribution in [0.3, 0.4) is 0 Å². The molecular weight excluding hydrogens is 468 g/mol. The Morgan fingerprint density at radius 1 is 1.06 bits per heavy atom. The molecule has 0 aliphatic carbocycles. The number of thiophene rings is 1. The van der Waals surface area contributed by atoms with Gasteiger partial charge in [0.05, 0.1) is 28.5 Å². The largest absolute Gasteiger partial charge is 0.369 e. The van der Waals surface area contributed by atoms with Crippen LogP contribution in [-0.2, 0) is 7.05 Å². The lowest BCUT2D eigenvalue weighted by molar-refractivity contribution is 0.0939. The number of anilines is 1. The van der Waals surface area contributed by atoms with Gasteiger partial charge in [0, 0.05) is 56.2 Å². The van der Waals surface area contributed by atoms with Gasteiger partial charge in [0.15, 0.2) is 0 Å². The summed E-state index contributed by atoms with van der Waals surface area (Å²) in [7, 11) is 4.05. The molecule has 1 aromatic carbocycles. The van der Waals surface area contributed by atoms with Crippen molar-refractivity contribution in [1.82, 2.24) is 25.0 Å². The molecule has 1 saturated heterocycles. The van der Waals surface area contributed by atoms with Gasteiger partial charge in [-0.3, -0.25) is 9.48 Å². The third-order valence-corrected chi connectivity index (χ3v) is 7.70. The van der Waals surface area contributed by atoms with Crippen molar-refractivity contribution >= 4 is 22.9 Å². The molecule has 1 atom stereocenters. The summed E-state index contributed by atoms with van der Waals surface area (Å²) in [5.41, 5.74) is 6.50. The number of carbonyl (C=O) groups excluding carboxylic acids is 1. The lowest BCUT2D eigenvalue weighted by Crippen LogP contribution is -2.44. The number of nitrogens with one attached hydrogen (secondary N) is 1. The van der Waals surface area contributed by atoms with Crippen LogP contribution in [0.5, 0.6) is 0 Å². The Kier molecular flexibility index (Phi) is 6.89. The van der Waals surface area contributed by atoms with E-state index < -0.39 is 0 Å². The molecule has 0 saturated carbocycles. The molecule has 4 aromatic rings. The Bertz CT molecular complexity index is 1350. The number of benzene rings is 1. The van der Waals surface area contributed by atoms with E-state index in [0.29, 0.717) is 0 Å². The molecule has 8 heteroatoms. The summed E-state index contributed by atoms with van der Waals surface area (Å²) < 4.78 is 1.77. The molecule has 36 heavy (non-hydrogen) atoms. The average Bonchev–Trinajstić information content (AvgIpc) is 3.57. The van der Waals surface area contributed by atoms with E-state index in [1.54, 1.807) is 16.0 Å². The number of aryl methyl sites for hydroxylation is 2. The SMILES string of the molecule is Cc1ccc(N2CCN(C)CC2)cc1C(=O)N[C@H](C)c1cc(-c2cnn(C)c2)nc(-c2cccs2)c1. The molecule has 5 rings (SSSR count). The van der Waals surface area contributed by atoms with Crippen LogP contribution in [0.1, 0.15) is 34.5 Å². The third kappa shape index (κ3) is 5.20. The molecule has 0 spiro atoms. The quantitative estimate of drug-likeness (QED) is 0.413. The van der Waals surface area contributed by atoms with E-state index in [2.05, 4.69) is 56.9 Å². The molecule has 1 aliphatic heterocycles. The first-order valence-corrected chi connectivity index (χ1v) is 13.2. The van der Waals surface area contributed by atoms with Crippen molar-refractivity contribution in [3.63, 3.8) is 0 Å². The number of aromatic nitrogens is 3. The van der Waals surface area contributed by atoms with E-state index in [1.165, 1.54) is 0 Å². The second kappa shape index (κ2) is 10.2. The Morgan fingerprint density at radius 3 is 2.53 bits per heavy atom. The summed E-state index contributed by atoms with van der Waals surface area (Å²) in [6.45, 7) is 8.02. The molecule has 0 radical (unpaired) electrons. The van der Waals surface area contributed by atoms with E-state index in [0.717, 1.165) is 70.4 Å². The van der Waals surface area contributed by atoms with E-state index in [-0.39, 0.29) is 11.9 Å². The summed E-state index contributed by atoms with van der Waals surface area (Å²) in [6, 6.07) is 14.2. The van der Waals surface area contributed by atoms with Gasteiger partial charge in [-0.15, -0.1) is 11.3 Å². The van der Waals surface area contributed by atoms with Crippen LogP contribution in [0, 0.1) is 6.92 Å². The summed E-state index contributed by atoms with van der Waals surface area (Å²) in [5.74, 6) is -0.0617. The van der Waals surface area contributed by atoms with Crippen molar-refractivity contribution in [2.24, 2.45) is 7.05 Å². The van der Waals surface area contributed by atoms with Gasteiger partial charge in [0.1, 0.15) is 0 Å². The highest BCUT2D eigenvalue weighted by Gasteiger charge is 2.20. The number of hydrogen-bond acceptors (Lipinski definition) is 6. The van der Waals surface area contributed by atoms with E-state index in [9.17, 15) is 4.79 Å². The van der Waals surface area contributed by atoms with Crippen LogP contribution < -0.4 is 10.2 Å². The minimum absolute atomic E-state index is 0.0617. The van der Waals surface area contributed by atoms with Crippen LogP contribution in [0.4, 0.5) is 5.69 Å². The topological polar surface area (TPSA) is 66.3 Å². The fraction of sp³-hybridized carbons (Fsp3) is 0.321. The predicted octanol–water partition coefficient (Wildman–Crippen LogP) is 4.76. The van der Waals surface area contributed by atoms with Crippen LogP contribution in [0.25, 0.3) is 21.8 Å². The van der Waals surface area contributed by atoms with Crippen LogP contribution in [0.2, 0.25) is 0 Å². The second-order valence-corrected chi connectivity index (χ2v) is 10.5. The zero-order valence-corrected chi connectivity index (χ0v) is 22.0. The van der Waals surface area contributed by atoms with Gasteiger partial charge in [-0.05, 0) is 67.7 Å². The number of piperazine rings is 1. The molecule has 1 aliphatic rings. The van der Waals surface area contributed by atoms with Gasteiger partial charge in [0.2, 0.25) is 0 Å². The first-order chi connectivity index (χ1) is 17.4. The third-order valence-electron chi connectivity index (χ3n) is 6.80. The first-order valence-electron chi connectivity index (χ1n) is 12.3. The molecule has 0 bridgehead atoms. The van der Waals surface area contributed by atoms with E-state index >= 15 is 0 Å². The molecule has 3 aromatic heterocycles. The summed E-state index contributed by atoms with van der Waals surface area (Å²) in [4.78, 5) is 24.1. The van der Waals surface area contributed by atoms with Crippen LogP contribution in [0.15, 0.2) is 60.2 Å². The van der Waals surface area contributed by atoms with Crippen LogP contribution >= 0.6 is 11.3 Å². The van der Waals surface area contributed by atoms with Gasteiger partial charge < -0.3 is 15.1 Å². The summed E-state index contributed by atoms with van der Waals surface area (Å²) in [6.07, 6.45) is 3.78. The number of pyridine rings is 1. The maximum absolute atomic E-state index is 13.4. The molecule has 1 amide bonds. The number of carbonyl (C=O) groups is 1. The number of likely N-dealkylation sites (N-methyl/N-ethyl adjacent to an activating group) is 1. The minimum Gasteiger partial charge on any atom is -0.369 e. The zero-order valence-electron chi connectivity index (χ0n) is 21.2. The van der Waals surface area contributed by atoms with Gasteiger partial charge >= 0.3 is 0 Å². The highest BCUT2D eigenvalue weighted by atomic mass is 32.1. The number of hydrogen-bond donors (Lipinski definition) is 1. The molecule has 7 nitrogen and oxygen atoms in total. The second-order valence-electron chi connectivity index (χ2n) is 9.54. The van der Waals surface area contributed by atoms with E-state index in [4.69, 9.17) is 4.98 Å². The average molecular weight is 501 g/mol. The minimum atomic E-state index is -0.193. The van der Waals surface area contributed by atoms with Gasteiger partial charge in [0.25, 0.3) is 5.91 Å². The maximum Gasteiger partial charge on any atom is 0.252 e. The molecular formula is C28H32N6OS. The zero-order chi connectivity index (χ0) is 25.2. The highest BCUT2D eigenvalue weighted by Crippen LogP contribution is 2.30. The lowest BCUT2D eigenvalue weighted by Gasteiger charge is -2.34. The Labute approximate surface area is 216 Å². The normalized spacial score (nSPS) is 15.2. The molecule has 1 N–H and O–H groups in total. The standard InChI is InChI=1S/C28H32N6OS/c1-19-7-8-23(34-11-9-32(3)10-12-34)16-24(19)28(35)30-20(2)21-14-25(22-17-29-33(4)18-22)31-26(15-21)27-6-5-13-36-27/h5-8,13-18,20H,9-12H2,1-4H3,(H,30,35)/t20-/m1/s1. The van der Waals surface area contributed by atoms with Crippen LogP contribution in [-0.4, -0.2) is 58.8 Å². The number of rotatable bonds is 6. The lowest BCUT2D eigenvalue weighted by atomic mass is 10.0. The molecule has 186 valence electrons. The molecule has 4 heterocycles. The maximum atomic E-state index is 13.4. The fourth-order valence-corrected chi connectivity index (χ4v) is 5.21.